The molecule has 0 spiro atoms. The number of hydrogen-bond donors (Lipinski definition) is 1. The van der Waals surface area contributed by atoms with Crippen molar-refractivity contribution < 1.29 is 9.53 Å². The summed E-state index contributed by atoms with van der Waals surface area (Å²) in [6.07, 6.45) is 4.11. The van der Waals surface area contributed by atoms with Crippen molar-refractivity contribution in [3.8, 4) is 0 Å². The van der Waals surface area contributed by atoms with Gasteiger partial charge in [0.1, 0.15) is 6.04 Å². The second-order valence-electron chi connectivity index (χ2n) is 3.99. The van der Waals surface area contributed by atoms with E-state index in [1.165, 1.54) is 0 Å². The number of carbonyl (C=O) groups excluding carboxylic acids is 1. The first-order valence-electron chi connectivity index (χ1n) is 5.49. The van der Waals surface area contributed by atoms with E-state index in [9.17, 15) is 4.79 Å². The zero-order valence-electron chi connectivity index (χ0n) is 10.0. The summed E-state index contributed by atoms with van der Waals surface area (Å²) in [5, 5.41) is 4.18. The third kappa shape index (κ3) is 3.34. The Labute approximate surface area is 95.6 Å². The Kier molecular flexibility index (Phi) is 4.49. The van der Waals surface area contributed by atoms with Gasteiger partial charge in [-0.25, -0.2) is 0 Å². The SMILES string of the molecule is CCOC(=O)C(N)Cc1cnn(C(C)C)c1. The van der Waals surface area contributed by atoms with E-state index in [1.807, 2.05) is 24.7 Å². The normalized spacial score (nSPS) is 12.8. The average molecular weight is 225 g/mol. The fourth-order valence-electron chi connectivity index (χ4n) is 1.35. The van der Waals surface area contributed by atoms with Crippen molar-refractivity contribution in [2.75, 3.05) is 6.61 Å². The van der Waals surface area contributed by atoms with Crippen LogP contribution in [0.5, 0.6) is 0 Å². The lowest BCUT2D eigenvalue weighted by atomic mass is 10.1. The third-order valence-electron chi connectivity index (χ3n) is 2.23. The molecule has 0 aliphatic heterocycles. The van der Waals surface area contributed by atoms with Gasteiger partial charge in [-0.05, 0) is 26.3 Å². The van der Waals surface area contributed by atoms with Crippen molar-refractivity contribution >= 4 is 5.97 Å². The van der Waals surface area contributed by atoms with E-state index < -0.39 is 6.04 Å². The highest BCUT2D eigenvalue weighted by Crippen LogP contribution is 2.07. The second kappa shape index (κ2) is 5.65. The van der Waals surface area contributed by atoms with Gasteiger partial charge in [0.2, 0.25) is 0 Å². The molecule has 0 amide bonds. The maximum Gasteiger partial charge on any atom is 0.323 e. The highest BCUT2D eigenvalue weighted by atomic mass is 16.5. The lowest BCUT2D eigenvalue weighted by molar-refractivity contribution is -0.144. The average Bonchev–Trinajstić information content (AvgIpc) is 2.66. The molecule has 1 unspecified atom stereocenters. The molecule has 1 aromatic rings. The van der Waals surface area contributed by atoms with Crippen LogP contribution in [0.3, 0.4) is 0 Å². The number of nitrogens with two attached hydrogens (primary N) is 1. The molecule has 2 N–H and O–H groups in total. The summed E-state index contributed by atoms with van der Waals surface area (Å²) in [7, 11) is 0. The molecule has 0 aliphatic carbocycles. The molecule has 1 rings (SSSR count). The quantitative estimate of drug-likeness (QED) is 0.756. The largest absolute Gasteiger partial charge is 0.465 e. The Hall–Kier alpha value is -1.36. The van der Waals surface area contributed by atoms with Crippen LogP contribution >= 0.6 is 0 Å². The molecule has 0 bridgehead atoms. The van der Waals surface area contributed by atoms with Gasteiger partial charge in [0, 0.05) is 18.7 Å². The molecule has 5 nitrogen and oxygen atoms in total. The minimum atomic E-state index is -0.607. The number of nitrogens with zero attached hydrogens (tertiary/aromatic N) is 2. The summed E-state index contributed by atoms with van der Waals surface area (Å²) in [6.45, 7) is 6.21. The molecule has 16 heavy (non-hydrogen) atoms. The first kappa shape index (κ1) is 12.7. The molecule has 0 fully saturated rings. The predicted molar refractivity (Wildman–Crippen MR) is 60.9 cm³/mol. The predicted octanol–water partition coefficient (Wildman–Crippen LogP) is 0.897. The Balaban J connectivity index is 2.55. The number of carbonyl (C=O) groups is 1. The number of ether oxygens (including phenoxy) is 1. The van der Waals surface area contributed by atoms with Gasteiger partial charge in [0.05, 0.1) is 12.8 Å². The van der Waals surface area contributed by atoms with Gasteiger partial charge in [-0.1, -0.05) is 0 Å². The van der Waals surface area contributed by atoms with Crippen LogP contribution in [-0.2, 0) is 16.0 Å². The van der Waals surface area contributed by atoms with Crippen LogP contribution in [0.25, 0.3) is 0 Å². The first-order valence-corrected chi connectivity index (χ1v) is 5.49. The van der Waals surface area contributed by atoms with E-state index >= 15 is 0 Å². The molecule has 0 saturated carbocycles. The van der Waals surface area contributed by atoms with Gasteiger partial charge in [0.25, 0.3) is 0 Å². The molecule has 0 radical (unpaired) electrons. The summed E-state index contributed by atoms with van der Waals surface area (Å²) >= 11 is 0. The monoisotopic (exact) mass is 225 g/mol. The lowest BCUT2D eigenvalue weighted by Crippen LogP contribution is -2.34. The summed E-state index contributed by atoms with van der Waals surface area (Å²) in [5.41, 5.74) is 6.66. The Morgan fingerprint density at radius 2 is 2.31 bits per heavy atom. The Morgan fingerprint density at radius 3 is 2.81 bits per heavy atom. The highest BCUT2D eigenvalue weighted by molar-refractivity contribution is 5.75. The fraction of sp³-hybridized carbons (Fsp3) is 0.636. The van der Waals surface area contributed by atoms with E-state index in [0.717, 1.165) is 5.56 Å². The maximum absolute atomic E-state index is 11.3. The van der Waals surface area contributed by atoms with Crippen molar-refractivity contribution in [3.63, 3.8) is 0 Å². The lowest BCUT2D eigenvalue weighted by Gasteiger charge is -2.08. The van der Waals surface area contributed by atoms with Crippen molar-refractivity contribution in [1.82, 2.24) is 9.78 Å². The summed E-state index contributed by atoms with van der Waals surface area (Å²) in [4.78, 5) is 11.3. The molecule has 90 valence electrons. The van der Waals surface area contributed by atoms with E-state index in [-0.39, 0.29) is 5.97 Å². The molecule has 5 heteroatoms. The van der Waals surface area contributed by atoms with E-state index in [1.54, 1.807) is 13.1 Å². The van der Waals surface area contributed by atoms with Gasteiger partial charge in [-0.15, -0.1) is 0 Å². The number of rotatable bonds is 5. The van der Waals surface area contributed by atoms with Crippen LogP contribution in [-0.4, -0.2) is 28.4 Å². The molecule has 1 aromatic heterocycles. The minimum absolute atomic E-state index is 0.313. The summed E-state index contributed by atoms with van der Waals surface area (Å²) in [5.74, 6) is -0.361. The Morgan fingerprint density at radius 1 is 1.62 bits per heavy atom. The van der Waals surface area contributed by atoms with Gasteiger partial charge in [0.15, 0.2) is 0 Å². The van der Waals surface area contributed by atoms with Crippen LogP contribution < -0.4 is 5.73 Å². The maximum atomic E-state index is 11.3. The molecular formula is C11H19N3O2. The molecule has 0 saturated heterocycles. The van der Waals surface area contributed by atoms with Crippen molar-refractivity contribution in [2.24, 2.45) is 5.73 Å². The summed E-state index contributed by atoms with van der Waals surface area (Å²) in [6, 6.07) is -0.294. The van der Waals surface area contributed by atoms with Gasteiger partial charge < -0.3 is 10.5 Å². The second-order valence-corrected chi connectivity index (χ2v) is 3.99. The molecule has 1 atom stereocenters. The smallest absolute Gasteiger partial charge is 0.323 e. The molecule has 0 aliphatic rings. The zero-order chi connectivity index (χ0) is 12.1. The van der Waals surface area contributed by atoms with Gasteiger partial charge in [-0.3, -0.25) is 9.48 Å². The van der Waals surface area contributed by atoms with Gasteiger partial charge in [-0.2, -0.15) is 5.10 Å². The standard InChI is InChI=1S/C11H19N3O2/c1-4-16-11(15)10(12)5-9-6-13-14(7-9)8(2)3/h6-8,10H,4-5,12H2,1-3H3. The van der Waals surface area contributed by atoms with E-state index in [4.69, 9.17) is 10.5 Å². The van der Waals surface area contributed by atoms with Crippen molar-refractivity contribution in [2.45, 2.75) is 39.3 Å². The summed E-state index contributed by atoms with van der Waals surface area (Å²) < 4.78 is 6.68. The van der Waals surface area contributed by atoms with Crippen molar-refractivity contribution in [3.05, 3.63) is 18.0 Å². The molecular weight excluding hydrogens is 206 g/mol. The number of aromatic nitrogens is 2. The number of hydrogen-bond acceptors (Lipinski definition) is 4. The Bertz CT molecular complexity index is 347. The van der Waals surface area contributed by atoms with E-state index in [0.29, 0.717) is 19.1 Å². The van der Waals surface area contributed by atoms with Crippen molar-refractivity contribution in [1.29, 1.82) is 0 Å². The topological polar surface area (TPSA) is 70.1 Å². The fourth-order valence-corrected chi connectivity index (χ4v) is 1.35. The van der Waals surface area contributed by atoms with Crippen LogP contribution in [0.2, 0.25) is 0 Å². The van der Waals surface area contributed by atoms with Crippen LogP contribution in [0.15, 0.2) is 12.4 Å². The number of esters is 1. The first-order chi connectivity index (χ1) is 7.54. The van der Waals surface area contributed by atoms with Crippen LogP contribution in [0.1, 0.15) is 32.4 Å². The highest BCUT2D eigenvalue weighted by Gasteiger charge is 2.16. The van der Waals surface area contributed by atoms with Gasteiger partial charge >= 0.3 is 5.97 Å². The van der Waals surface area contributed by atoms with Crippen LogP contribution in [0, 0.1) is 0 Å². The van der Waals surface area contributed by atoms with Crippen LogP contribution in [0.4, 0.5) is 0 Å². The minimum Gasteiger partial charge on any atom is -0.465 e. The third-order valence-corrected chi connectivity index (χ3v) is 2.23. The molecule has 1 heterocycles. The zero-order valence-corrected chi connectivity index (χ0v) is 10.0. The molecule has 0 aromatic carbocycles. The van der Waals surface area contributed by atoms with E-state index in [2.05, 4.69) is 5.10 Å².